The monoisotopic (exact) mass is 383 g/mol. The summed E-state index contributed by atoms with van der Waals surface area (Å²) in [7, 11) is 0. The first-order chi connectivity index (χ1) is 13.5. The van der Waals surface area contributed by atoms with Gasteiger partial charge in [-0.1, -0.05) is 12.1 Å². The largest absolute Gasteiger partial charge is 0.353 e. The maximum atomic E-state index is 12.5. The average Bonchev–Trinajstić information content (AvgIpc) is 3.51. The standard InChI is InChI=1S/C24H37N3O/c1-17-13-19(3)21(14-18(17)2)15-26-11-8-23(9-12-26)27-10-4-5-20(16-27)24(28)25-22-6-7-22/h13-14,20,22-23H,4-12,15-16H2,1-3H3,(H,25,28)/t20-/m0/s1. The van der Waals surface area contributed by atoms with Gasteiger partial charge in [-0.15, -0.1) is 0 Å². The highest BCUT2D eigenvalue weighted by Gasteiger charge is 2.33. The van der Waals surface area contributed by atoms with Crippen LogP contribution < -0.4 is 5.32 Å². The van der Waals surface area contributed by atoms with Crippen molar-refractivity contribution in [2.75, 3.05) is 26.2 Å². The van der Waals surface area contributed by atoms with Crippen molar-refractivity contribution in [3.63, 3.8) is 0 Å². The fourth-order valence-electron chi connectivity index (χ4n) is 4.97. The zero-order chi connectivity index (χ0) is 19.7. The van der Waals surface area contributed by atoms with E-state index in [2.05, 4.69) is 48.0 Å². The minimum atomic E-state index is 0.213. The van der Waals surface area contributed by atoms with Crippen molar-refractivity contribution in [1.82, 2.24) is 15.1 Å². The summed E-state index contributed by atoms with van der Waals surface area (Å²) >= 11 is 0. The summed E-state index contributed by atoms with van der Waals surface area (Å²) in [5.74, 6) is 0.528. The van der Waals surface area contributed by atoms with Crippen LogP contribution in [0.4, 0.5) is 0 Å². The minimum absolute atomic E-state index is 0.213. The molecule has 2 heterocycles. The van der Waals surface area contributed by atoms with E-state index >= 15 is 0 Å². The molecule has 4 heteroatoms. The molecule has 1 N–H and O–H groups in total. The van der Waals surface area contributed by atoms with Gasteiger partial charge in [0.25, 0.3) is 0 Å². The Bertz CT molecular complexity index is 704. The molecular weight excluding hydrogens is 346 g/mol. The van der Waals surface area contributed by atoms with Crippen LogP contribution in [0.25, 0.3) is 0 Å². The fraction of sp³-hybridized carbons (Fsp3) is 0.708. The Hall–Kier alpha value is -1.39. The molecule has 4 rings (SSSR count). The second kappa shape index (κ2) is 8.54. The number of carbonyl (C=O) groups is 1. The first-order valence-corrected chi connectivity index (χ1v) is 11.3. The Morgan fingerprint density at radius 2 is 1.68 bits per heavy atom. The number of hydrogen-bond acceptors (Lipinski definition) is 3. The molecule has 2 aliphatic heterocycles. The van der Waals surface area contributed by atoms with Crippen LogP contribution in [0.1, 0.15) is 60.8 Å². The highest BCUT2D eigenvalue weighted by atomic mass is 16.2. The zero-order valence-corrected chi connectivity index (χ0v) is 18.0. The van der Waals surface area contributed by atoms with Crippen LogP contribution >= 0.6 is 0 Å². The van der Waals surface area contributed by atoms with Crippen molar-refractivity contribution in [2.45, 2.75) is 77.9 Å². The van der Waals surface area contributed by atoms with Crippen LogP contribution in [0.2, 0.25) is 0 Å². The Balaban J connectivity index is 1.27. The third-order valence-electron chi connectivity index (χ3n) is 7.17. The molecule has 2 saturated heterocycles. The van der Waals surface area contributed by atoms with Gasteiger partial charge in [0.2, 0.25) is 5.91 Å². The van der Waals surface area contributed by atoms with Gasteiger partial charge in [-0.2, -0.15) is 0 Å². The number of nitrogens with zero attached hydrogens (tertiary/aromatic N) is 2. The van der Waals surface area contributed by atoms with Crippen molar-refractivity contribution in [3.8, 4) is 0 Å². The van der Waals surface area contributed by atoms with Crippen LogP contribution in [0, 0.1) is 26.7 Å². The maximum Gasteiger partial charge on any atom is 0.224 e. The predicted octanol–water partition coefficient (Wildman–Crippen LogP) is 3.57. The van der Waals surface area contributed by atoms with Gasteiger partial charge >= 0.3 is 0 Å². The molecule has 1 aliphatic carbocycles. The first kappa shape index (κ1) is 19.9. The quantitative estimate of drug-likeness (QED) is 0.844. The summed E-state index contributed by atoms with van der Waals surface area (Å²) in [5.41, 5.74) is 5.70. The van der Waals surface area contributed by atoms with E-state index in [1.807, 2.05) is 0 Å². The molecule has 0 unspecified atom stereocenters. The second-order valence-corrected chi connectivity index (χ2v) is 9.49. The molecule has 0 spiro atoms. The van der Waals surface area contributed by atoms with Gasteiger partial charge in [-0.25, -0.2) is 0 Å². The van der Waals surface area contributed by atoms with E-state index in [1.54, 1.807) is 0 Å². The third-order valence-corrected chi connectivity index (χ3v) is 7.17. The Labute approximate surface area is 170 Å². The molecule has 4 nitrogen and oxygen atoms in total. The van der Waals surface area contributed by atoms with Crippen LogP contribution in [0.5, 0.6) is 0 Å². The average molecular weight is 384 g/mol. The van der Waals surface area contributed by atoms with E-state index in [-0.39, 0.29) is 5.92 Å². The highest BCUT2D eigenvalue weighted by molar-refractivity contribution is 5.79. The van der Waals surface area contributed by atoms with Gasteiger partial charge in [0, 0.05) is 25.2 Å². The number of likely N-dealkylation sites (tertiary alicyclic amines) is 2. The summed E-state index contributed by atoms with van der Waals surface area (Å²) in [6.45, 7) is 12.2. The van der Waals surface area contributed by atoms with E-state index in [0.717, 1.165) is 19.5 Å². The molecule has 3 fully saturated rings. The van der Waals surface area contributed by atoms with Crippen LogP contribution in [-0.4, -0.2) is 54.0 Å². The summed E-state index contributed by atoms with van der Waals surface area (Å²) in [6, 6.07) is 5.86. The maximum absolute atomic E-state index is 12.5. The zero-order valence-electron chi connectivity index (χ0n) is 18.0. The molecule has 1 saturated carbocycles. The highest BCUT2D eigenvalue weighted by Crippen LogP contribution is 2.27. The van der Waals surface area contributed by atoms with Gasteiger partial charge in [0.15, 0.2) is 0 Å². The molecule has 1 aromatic carbocycles. The number of rotatable bonds is 5. The van der Waals surface area contributed by atoms with Gasteiger partial charge < -0.3 is 5.32 Å². The van der Waals surface area contributed by atoms with Crippen LogP contribution in [0.15, 0.2) is 12.1 Å². The summed E-state index contributed by atoms with van der Waals surface area (Å²) in [5, 5.41) is 3.22. The number of piperidine rings is 2. The molecule has 0 radical (unpaired) electrons. The van der Waals surface area contributed by atoms with Gasteiger partial charge in [0.05, 0.1) is 5.92 Å². The molecule has 1 atom stereocenters. The molecule has 1 aromatic rings. The number of carbonyl (C=O) groups excluding carboxylic acids is 1. The van der Waals surface area contributed by atoms with Crippen molar-refractivity contribution in [2.24, 2.45) is 5.92 Å². The Morgan fingerprint density at radius 1 is 0.964 bits per heavy atom. The Kier molecular flexibility index (Phi) is 6.07. The lowest BCUT2D eigenvalue weighted by Gasteiger charge is -2.42. The smallest absolute Gasteiger partial charge is 0.224 e. The molecule has 28 heavy (non-hydrogen) atoms. The van der Waals surface area contributed by atoms with E-state index in [4.69, 9.17) is 0 Å². The molecule has 0 bridgehead atoms. The van der Waals surface area contributed by atoms with Crippen LogP contribution in [0.3, 0.4) is 0 Å². The van der Waals surface area contributed by atoms with Crippen molar-refractivity contribution >= 4 is 5.91 Å². The normalized spacial score (nSPS) is 25.0. The number of aryl methyl sites for hydroxylation is 3. The lowest BCUT2D eigenvalue weighted by molar-refractivity contribution is -0.127. The lowest BCUT2D eigenvalue weighted by atomic mass is 9.93. The molecular formula is C24H37N3O. The second-order valence-electron chi connectivity index (χ2n) is 9.49. The first-order valence-electron chi connectivity index (χ1n) is 11.3. The molecule has 1 amide bonds. The van der Waals surface area contributed by atoms with Crippen molar-refractivity contribution in [1.29, 1.82) is 0 Å². The van der Waals surface area contributed by atoms with E-state index in [9.17, 15) is 4.79 Å². The van der Waals surface area contributed by atoms with E-state index in [0.29, 0.717) is 18.0 Å². The molecule has 3 aliphatic rings. The predicted molar refractivity (Wildman–Crippen MR) is 114 cm³/mol. The topological polar surface area (TPSA) is 35.6 Å². The van der Waals surface area contributed by atoms with Crippen LogP contribution in [-0.2, 0) is 11.3 Å². The van der Waals surface area contributed by atoms with E-state index < -0.39 is 0 Å². The van der Waals surface area contributed by atoms with Gasteiger partial charge in [0.1, 0.15) is 0 Å². The summed E-state index contributed by atoms with van der Waals surface area (Å²) in [6.07, 6.45) is 7.08. The van der Waals surface area contributed by atoms with Gasteiger partial charge in [-0.05, 0) is 101 Å². The summed E-state index contributed by atoms with van der Waals surface area (Å²) < 4.78 is 0. The number of benzene rings is 1. The third kappa shape index (κ3) is 4.77. The number of nitrogens with one attached hydrogen (secondary N) is 1. The molecule has 154 valence electrons. The summed E-state index contributed by atoms with van der Waals surface area (Å²) in [4.78, 5) is 17.7. The number of hydrogen-bond donors (Lipinski definition) is 1. The minimum Gasteiger partial charge on any atom is -0.353 e. The Morgan fingerprint density at radius 3 is 2.39 bits per heavy atom. The van der Waals surface area contributed by atoms with Crippen molar-refractivity contribution in [3.05, 3.63) is 34.4 Å². The lowest BCUT2D eigenvalue weighted by Crippen LogP contribution is -2.50. The SMILES string of the molecule is Cc1cc(C)c(CN2CCC(N3CCC[C@H](C(=O)NC4CC4)C3)CC2)cc1C. The van der Waals surface area contributed by atoms with Gasteiger partial charge in [-0.3, -0.25) is 14.6 Å². The molecule has 0 aromatic heterocycles. The number of amides is 1. The van der Waals surface area contributed by atoms with Crippen molar-refractivity contribution < 1.29 is 4.79 Å². The van der Waals surface area contributed by atoms with E-state index in [1.165, 1.54) is 74.0 Å². The fourth-order valence-corrected chi connectivity index (χ4v) is 4.97.